The summed E-state index contributed by atoms with van der Waals surface area (Å²) < 4.78 is 10.9. The summed E-state index contributed by atoms with van der Waals surface area (Å²) in [6, 6.07) is 21.4. The molecule has 4 rings (SSSR count). The molecule has 6 nitrogen and oxygen atoms in total. The van der Waals surface area contributed by atoms with Crippen LogP contribution < -0.4 is 20.1 Å². The standard InChI is InChI=1S/C25H22N4O2/c1-4-17-11-8-12-19(13-17)27-24-20-14-22(30-2)23(31-3)15-21(20)28-25(29-24)26-16-18-9-6-5-7-10-18/h1,5-15H,16H2,2-3H3,(H2,26,27,28,29). The Balaban J connectivity index is 1.77. The molecule has 31 heavy (non-hydrogen) atoms. The monoisotopic (exact) mass is 410 g/mol. The van der Waals surface area contributed by atoms with E-state index in [1.54, 1.807) is 14.2 Å². The molecule has 6 heteroatoms. The van der Waals surface area contributed by atoms with Crippen molar-refractivity contribution in [3.8, 4) is 23.8 Å². The van der Waals surface area contributed by atoms with Crippen molar-refractivity contribution in [2.45, 2.75) is 6.54 Å². The fourth-order valence-electron chi connectivity index (χ4n) is 3.23. The second kappa shape index (κ2) is 9.06. The van der Waals surface area contributed by atoms with Crippen molar-refractivity contribution in [1.82, 2.24) is 9.97 Å². The van der Waals surface area contributed by atoms with Gasteiger partial charge in [-0.15, -0.1) is 6.42 Å². The molecule has 0 aliphatic carbocycles. The van der Waals surface area contributed by atoms with Crippen LogP contribution in [-0.2, 0) is 6.54 Å². The number of benzene rings is 3. The predicted molar refractivity (Wildman–Crippen MR) is 124 cm³/mol. The highest BCUT2D eigenvalue weighted by Crippen LogP contribution is 2.35. The van der Waals surface area contributed by atoms with Crippen molar-refractivity contribution in [3.63, 3.8) is 0 Å². The first kappa shape index (κ1) is 20.0. The van der Waals surface area contributed by atoms with E-state index in [1.807, 2.05) is 66.7 Å². The Morgan fingerprint density at radius 3 is 2.42 bits per heavy atom. The lowest BCUT2D eigenvalue weighted by molar-refractivity contribution is 0.356. The van der Waals surface area contributed by atoms with E-state index < -0.39 is 0 Å². The molecule has 3 aromatic carbocycles. The summed E-state index contributed by atoms with van der Waals surface area (Å²) in [6.45, 7) is 0.603. The first-order chi connectivity index (χ1) is 15.2. The Labute approximate surface area is 181 Å². The van der Waals surface area contributed by atoms with Crippen LogP contribution in [0.1, 0.15) is 11.1 Å². The van der Waals surface area contributed by atoms with E-state index in [2.05, 4.69) is 21.5 Å². The lowest BCUT2D eigenvalue weighted by atomic mass is 10.2. The SMILES string of the molecule is C#Cc1cccc(Nc2nc(NCc3ccccc3)nc3cc(OC)c(OC)cc23)c1. The van der Waals surface area contributed by atoms with E-state index >= 15 is 0 Å². The van der Waals surface area contributed by atoms with Crippen molar-refractivity contribution < 1.29 is 9.47 Å². The molecule has 1 heterocycles. The van der Waals surface area contributed by atoms with Crippen LogP contribution >= 0.6 is 0 Å². The van der Waals surface area contributed by atoms with Gasteiger partial charge in [0.25, 0.3) is 0 Å². The van der Waals surface area contributed by atoms with Crippen LogP contribution in [0, 0.1) is 12.3 Å². The van der Waals surface area contributed by atoms with Crippen LogP contribution in [0.4, 0.5) is 17.5 Å². The summed E-state index contributed by atoms with van der Waals surface area (Å²) in [5.74, 6) is 4.99. The first-order valence-corrected chi connectivity index (χ1v) is 9.75. The van der Waals surface area contributed by atoms with E-state index in [0.717, 1.165) is 27.7 Å². The molecule has 0 aliphatic heterocycles. The summed E-state index contributed by atoms with van der Waals surface area (Å²) >= 11 is 0. The molecule has 0 spiro atoms. The number of rotatable bonds is 7. The molecule has 0 bridgehead atoms. The van der Waals surface area contributed by atoms with Gasteiger partial charge in [0.2, 0.25) is 5.95 Å². The molecular weight excluding hydrogens is 388 g/mol. The van der Waals surface area contributed by atoms with E-state index in [0.29, 0.717) is 29.8 Å². The van der Waals surface area contributed by atoms with Crippen molar-refractivity contribution in [3.05, 3.63) is 77.9 Å². The van der Waals surface area contributed by atoms with Crippen LogP contribution in [0.15, 0.2) is 66.7 Å². The molecular formula is C25H22N4O2. The Morgan fingerprint density at radius 1 is 0.903 bits per heavy atom. The smallest absolute Gasteiger partial charge is 0.225 e. The van der Waals surface area contributed by atoms with Crippen molar-refractivity contribution >= 4 is 28.4 Å². The maximum absolute atomic E-state index is 5.55. The molecule has 0 atom stereocenters. The summed E-state index contributed by atoms with van der Waals surface area (Å²) in [5, 5.41) is 7.47. The molecule has 0 aliphatic rings. The van der Waals surface area contributed by atoms with Gasteiger partial charge < -0.3 is 20.1 Å². The van der Waals surface area contributed by atoms with Gasteiger partial charge in [0, 0.05) is 29.2 Å². The highest BCUT2D eigenvalue weighted by Gasteiger charge is 2.14. The summed E-state index contributed by atoms with van der Waals surface area (Å²) in [7, 11) is 3.20. The van der Waals surface area contributed by atoms with Gasteiger partial charge in [-0.25, -0.2) is 4.98 Å². The number of methoxy groups -OCH3 is 2. The number of hydrogen-bond acceptors (Lipinski definition) is 6. The summed E-state index contributed by atoms with van der Waals surface area (Å²) in [4.78, 5) is 9.40. The second-order valence-corrected chi connectivity index (χ2v) is 6.81. The molecule has 0 saturated carbocycles. The van der Waals surface area contributed by atoms with Crippen molar-refractivity contribution in [1.29, 1.82) is 0 Å². The average molecular weight is 410 g/mol. The van der Waals surface area contributed by atoms with Crippen LogP contribution in [0.25, 0.3) is 10.9 Å². The zero-order valence-corrected chi connectivity index (χ0v) is 17.3. The van der Waals surface area contributed by atoms with Gasteiger partial charge >= 0.3 is 0 Å². The number of aromatic nitrogens is 2. The minimum absolute atomic E-state index is 0.499. The Kier molecular flexibility index (Phi) is 5.86. The number of ether oxygens (including phenoxy) is 2. The van der Waals surface area contributed by atoms with Crippen molar-refractivity contribution in [2.75, 3.05) is 24.9 Å². The molecule has 0 unspecified atom stereocenters. The summed E-state index contributed by atoms with van der Waals surface area (Å²) in [5.41, 5.74) is 3.47. The summed E-state index contributed by atoms with van der Waals surface area (Å²) in [6.07, 6.45) is 5.55. The molecule has 4 aromatic rings. The van der Waals surface area contributed by atoms with Gasteiger partial charge in [-0.1, -0.05) is 42.3 Å². The third-order valence-electron chi connectivity index (χ3n) is 4.79. The number of terminal acetylenes is 1. The van der Waals surface area contributed by atoms with Gasteiger partial charge in [-0.2, -0.15) is 4.98 Å². The lowest BCUT2D eigenvalue weighted by Crippen LogP contribution is -2.06. The van der Waals surface area contributed by atoms with Gasteiger partial charge in [0.15, 0.2) is 11.5 Å². The van der Waals surface area contributed by atoms with Gasteiger partial charge in [-0.05, 0) is 29.8 Å². The second-order valence-electron chi connectivity index (χ2n) is 6.81. The Morgan fingerprint density at radius 2 is 1.68 bits per heavy atom. The predicted octanol–water partition coefficient (Wildman–Crippen LogP) is 4.98. The quantitative estimate of drug-likeness (QED) is 0.419. The molecule has 0 saturated heterocycles. The van der Waals surface area contributed by atoms with Crippen LogP contribution in [-0.4, -0.2) is 24.2 Å². The van der Waals surface area contributed by atoms with Crippen LogP contribution in [0.2, 0.25) is 0 Å². The molecule has 0 fully saturated rings. The largest absolute Gasteiger partial charge is 0.493 e. The van der Waals surface area contributed by atoms with Crippen LogP contribution in [0.3, 0.4) is 0 Å². The number of nitrogens with zero attached hydrogens (tertiary/aromatic N) is 2. The average Bonchev–Trinajstić information content (AvgIpc) is 2.82. The highest BCUT2D eigenvalue weighted by atomic mass is 16.5. The number of anilines is 3. The van der Waals surface area contributed by atoms with E-state index in [-0.39, 0.29) is 0 Å². The molecule has 0 radical (unpaired) electrons. The van der Waals surface area contributed by atoms with Gasteiger partial charge in [-0.3, -0.25) is 0 Å². The number of fused-ring (bicyclic) bond motifs is 1. The van der Waals surface area contributed by atoms with E-state index in [1.165, 1.54) is 0 Å². The zero-order valence-electron chi connectivity index (χ0n) is 17.3. The Hall–Kier alpha value is -4.24. The molecule has 0 amide bonds. The third kappa shape index (κ3) is 4.51. The first-order valence-electron chi connectivity index (χ1n) is 9.75. The van der Waals surface area contributed by atoms with E-state index in [4.69, 9.17) is 20.9 Å². The number of hydrogen-bond donors (Lipinski definition) is 2. The fourth-order valence-corrected chi connectivity index (χ4v) is 3.23. The molecule has 154 valence electrons. The highest BCUT2D eigenvalue weighted by molar-refractivity contribution is 5.94. The number of nitrogens with one attached hydrogen (secondary N) is 2. The zero-order chi connectivity index (χ0) is 21.6. The van der Waals surface area contributed by atoms with Crippen molar-refractivity contribution in [2.24, 2.45) is 0 Å². The van der Waals surface area contributed by atoms with Gasteiger partial charge in [0.05, 0.1) is 19.7 Å². The normalized spacial score (nSPS) is 10.4. The third-order valence-corrected chi connectivity index (χ3v) is 4.79. The van der Waals surface area contributed by atoms with E-state index in [9.17, 15) is 0 Å². The maximum atomic E-state index is 5.55. The topological polar surface area (TPSA) is 68.3 Å². The lowest BCUT2D eigenvalue weighted by Gasteiger charge is -2.15. The van der Waals surface area contributed by atoms with Gasteiger partial charge in [0.1, 0.15) is 5.82 Å². The fraction of sp³-hybridized carbons (Fsp3) is 0.120. The minimum Gasteiger partial charge on any atom is -0.493 e. The molecule has 2 N–H and O–H groups in total. The molecule has 1 aromatic heterocycles. The van der Waals surface area contributed by atoms with Crippen LogP contribution in [0.5, 0.6) is 11.5 Å². The maximum Gasteiger partial charge on any atom is 0.225 e. The minimum atomic E-state index is 0.499. The Bertz CT molecular complexity index is 1250.